The molecule has 2 heterocycles. The zero-order valence-corrected chi connectivity index (χ0v) is 9.58. The Kier molecular flexibility index (Phi) is 2.64. The first-order chi connectivity index (χ1) is 7.15. The maximum atomic E-state index is 11.2. The molecule has 0 aliphatic carbocycles. The summed E-state index contributed by atoms with van der Waals surface area (Å²) in [6, 6.07) is 3.31. The molecule has 2 rings (SSSR count). The van der Waals surface area contributed by atoms with E-state index in [1.807, 2.05) is 6.07 Å². The van der Waals surface area contributed by atoms with Crippen molar-refractivity contribution in [1.29, 1.82) is 0 Å². The van der Waals surface area contributed by atoms with Crippen molar-refractivity contribution < 1.29 is 0 Å². The van der Waals surface area contributed by atoms with Crippen LogP contribution in [-0.2, 0) is 0 Å². The second-order valence-electron chi connectivity index (χ2n) is 3.13. The molecule has 15 heavy (non-hydrogen) atoms. The summed E-state index contributed by atoms with van der Waals surface area (Å²) >= 11 is 3.31. The van der Waals surface area contributed by atoms with Crippen molar-refractivity contribution in [2.24, 2.45) is 0 Å². The third-order valence-electron chi connectivity index (χ3n) is 1.85. The number of H-pyrrole nitrogens is 1. The molecule has 0 fully saturated rings. The van der Waals surface area contributed by atoms with Gasteiger partial charge in [-0.25, -0.2) is 4.98 Å². The molecular weight excluding hydrogens is 258 g/mol. The monoisotopic (exact) mass is 265 g/mol. The normalized spacial score (nSPS) is 10.3. The lowest BCUT2D eigenvalue weighted by Gasteiger charge is -2.01. The fourth-order valence-corrected chi connectivity index (χ4v) is 1.62. The molecule has 0 unspecified atom stereocenters. The average molecular weight is 266 g/mol. The number of rotatable bonds is 1. The van der Waals surface area contributed by atoms with Gasteiger partial charge in [-0.3, -0.25) is 9.78 Å². The first-order valence-electron chi connectivity index (χ1n) is 4.34. The lowest BCUT2D eigenvalue weighted by atomic mass is 10.2. The van der Waals surface area contributed by atoms with Crippen molar-refractivity contribution in [2.45, 2.75) is 6.92 Å². The van der Waals surface area contributed by atoms with Crippen LogP contribution in [0.5, 0.6) is 0 Å². The number of aryl methyl sites for hydroxylation is 1. The zero-order valence-electron chi connectivity index (χ0n) is 7.99. The summed E-state index contributed by atoms with van der Waals surface area (Å²) in [6.45, 7) is 1.78. The summed E-state index contributed by atoms with van der Waals surface area (Å²) in [6.07, 6.45) is 3.33. The van der Waals surface area contributed by atoms with Crippen LogP contribution in [-0.4, -0.2) is 15.0 Å². The van der Waals surface area contributed by atoms with E-state index in [2.05, 4.69) is 30.9 Å². The molecule has 0 saturated heterocycles. The average Bonchev–Trinajstić information content (AvgIpc) is 2.16. The standard InChI is InChI=1S/C10H8BrN3O/c1-6-2-9(15)14-10(13-6)7-3-8(11)5-12-4-7/h2-5H,1H3,(H,13,14,15). The topological polar surface area (TPSA) is 58.6 Å². The molecule has 0 aliphatic rings. The Hall–Kier alpha value is -1.49. The molecule has 0 spiro atoms. The van der Waals surface area contributed by atoms with E-state index in [1.165, 1.54) is 6.07 Å². The van der Waals surface area contributed by atoms with Crippen LogP contribution in [0.25, 0.3) is 11.4 Å². The van der Waals surface area contributed by atoms with Crippen molar-refractivity contribution in [1.82, 2.24) is 15.0 Å². The number of nitrogens with one attached hydrogen (secondary N) is 1. The molecule has 0 atom stereocenters. The van der Waals surface area contributed by atoms with E-state index in [9.17, 15) is 4.79 Å². The smallest absolute Gasteiger partial charge is 0.251 e. The van der Waals surface area contributed by atoms with Gasteiger partial charge in [0.1, 0.15) is 5.82 Å². The number of halogens is 1. The van der Waals surface area contributed by atoms with Gasteiger partial charge in [0.15, 0.2) is 0 Å². The Morgan fingerprint density at radius 1 is 1.33 bits per heavy atom. The van der Waals surface area contributed by atoms with Crippen LogP contribution >= 0.6 is 15.9 Å². The van der Waals surface area contributed by atoms with E-state index in [0.717, 1.165) is 10.0 Å². The van der Waals surface area contributed by atoms with Gasteiger partial charge in [-0.15, -0.1) is 0 Å². The molecule has 2 aromatic rings. The van der Waals surface area contributed by atoms with Crippen molar-refractivity contribution in [3.05, 3.63) is 45.0 Å². The van der Waals surface area contributed by atoms with Crippen molar-refractivity contribution in [2.75, 3.05) is 0 Å². The summed E-state index contributed by atoms with van der Waals surface area (Å²) in [5.74, 6) is 0.536. The number of pyridine rings is 1. The van der Waals surface area contributed by atoms with Crippen LogP contribution in [0.3, 0.4) is 0 Å². The number of aromatic nitrogens is 3. The Balaban J connectivity index is 2.59. The largest absolute Gasteiger partial charge is 0.306 e. The van der Waals surface area contributed by atoms with Gasteiger partial charge >= 0.3 is 0 Å². The molecule has 76 valence electrons. The number of hydrogen-bond donors (Lipinski definition) is 1. The van der Waals surface area contributed by atoms with Gasteiger partial charge in [-0.05, 0) is 28.9 Å². The molecule has 0 saturated carbocycles. The first-order valence-corrected chi connectivity index (χ1v) is 5.13. The fourth-order valence-electron chi connectivity index (χ4n) is 1.26. The van der Waals surface area contributed by atoms with Crippen LogP contribution in [0.1, 0.15) is 5.69 Å². The predicted octanol–water partition coefficient (Wildman–Crippen LogP) is 1.90. The predicted molar refractivity (Wildman–Crippen MR) is 60.5 cm³/mol. The maximum absolute atomic E-state index is 11.2. The van der Waals surface area contributed by atoms with E-state index in [1.54, 1.807) is 19.3 Å². The number of nitrogens with zero attached hydrogens (tertiary/aromatic N) is 2. The highest BCUT2D eigenvalue weighted by Crippen LogP contribution is 2.17. The third-order valence-corrected chi connectivity index (χ3v) is 2.28. The minimum atomic E-state index is -0.155. The third kappa shape index (κ3) is 2.30. The SMILES string of the molecule is Cc1cc(=O)[nH]c(-c2cncc(Br)c2)n1. The highest BCUT2D eigenvalue weighted by Gasteiger charge is 2.02. The summed E-state index contributed by atoms with van der Waals surface area (Å²) in [4.78, 5) is 22.1. The van der Waals surface area contributed by atoms with E-state index in [4.69, 9.17) is 0 Å². The summed E-state index contributed by atoms with van der Waals surface area (Å²) in [5.41, 5.74) is 1.32. The Labute approximate surface area is 94.5 Å². The van der Waals surface area contributed by atoms with Gasteiger partial charge in [0.25, 0.3) is 5.56 Å². The van der Waals surface area contributed by atoms with Crippen LogP contribution in [0.2, 0.25) is 0 Å². The highest BCUT2D eigenvalue weighted by molar-refractivity contribution is 9.10. The summed E-state index contributed by atoms with van der Waals surface area (Å²) in [7, 11) is 0. The van der Waals surface area contributed by atoms with Crippen molar-refractivity contribution in [3.8, 4) is 11.4 Å². The lowest BCUT2D eigenvalue weighted by Crippen LogP contribution is -2.08. The molecule has 4 nitrogen and oxygen atoms in total. The quantitative estimate of drug-likeness (QED) is 0.857. The Bertz CT molecular complexity index is 550. The van der Waals surface area contributed by atoms with Gasteiger partial charge in [-0.2, -0.15) is 0 Å². The first kappa shape index (κ1) is 10.0. The van der Waals surface area contributed by atoms with E-state index < -0.39 is 0 Å². The Morgan fingerprint density at radius 2 is 2.13 bits per heavy atom. The van der Waals surface area contributed by atoms with Crippen LogP contribution in [0.15, 0.2) is 33.8 Å². The molecule has 1 N–H and O–H groups in total. The van der Waals surface area contributed by atoms with Crippen molar-refractivity contribution >= 4 is 15.9 Å². The second kappa shape index (κ2) is 3.94. The fraction of sp³-hybridized carbons (Fsp3) is 0.100. The minimum Gasteiger partial charge on any atom is -0.306 e. The molecule has 0 bridgehead atoms. The lowest BCUT2D eigenvalue weighted by molar-refractivity contribution is 1.07. The van der Waals surface area contributed by atoms with Crippen LogP contribution in [0.4, 0.5) is 0 Å². The van der Waals surface area contributed by atoms with Gasteiger partial charge < -0.3 is 4.98 Å². The minimum absolute atomic E-state index is 0.155. The van der Waals surface area contributed by atoms with Gasteiger partial charge in [0.2, 0.25) is 0 Å². The maximum Gasteiger partial charge on any atom is 0.251 e. The molecule has 0 aliphatic heterocycles. The molecule has 5 heteroatoms. The molecule has 2 aromatic heterocycles. The van der Waals surface area contributed by atoms with Gasteiger partial charge in [0, 0.05) is 34.2 Å². The number of aromatic amines is 1. The van der Waals surface area contributed by atoms with Crippen LogP contribution < -0.4 is 5.56 Å². The zero-order chi connectivity index (χ0) is 10.8. The second-order valence-corrected chi connectivity index (χ2v) is 4.04. The van der Waals surface area contributed by atoms with E-state index in [-0.39, 0.29) is 5.56 Å². The van der Waals surface area contributed by atoms with Crippen LogP contribution in [0, 0.1) is 6.92 Å². The highest BCUT2D eigenvalue weighted by atomic mass is 79.9. The van der Waals surface area contributed by atoms with Gasteiger partial charge in [-0.1, -0.05) is 0 Å². The molecule has 0 radical (unpaired) electrons. The number of hydrogen-bond acceptors (Lipinski definition) is 3. The molecule has 0 aromatic carbocycles. The Morgan fingerprint density at radius 3 is 2.80 bits per heavy atom. The van der Waals surface area contributed by atoms with E-state index in [0.29, 0.717) is 11.5 Å². The van der Waals surface area contributed by atoms with Gasteiger partial charge in [0.05, 0.1) is 0 Å². The van der Waals surface area contributed by atoms with Crippen molar-refractivity contribution in [3.63, 3.8) is 0 Å². The molecular formula is C10H8BrN3O. The summed E-state index contributed by atoms with van der Waals surface area (Å²) < 4.78 is 0.851. The molecule has 0 amide bonds. The summed E-state index contributed by atoms with van der Waals surface area (Å²) in [5, 5.41) is 0. The van der Waals surface area contributed by atoms with E-state index >= 15 is 0 Å².